The SMILES string of the molecule is CCN(CCCN1CCCCC1)c1cc(C)nc(Nc2ccc(C)cc2Cl)n1.O=C(O)C(F)(F)F. The van der Waals surface area contributed by atoms with Crippen molar-refractivity contribution in [2.45, 2.75) is 52.6 Å². The normalized spacial score (nSPS) is 14.1. The van der Waals surface area contributed by atoms with Crippen molar-refractivity contribution in [3.63, 3.8) is 0 Å². The third-order valence-corrected chi connectivity index (χ3v) is 5.82. The molecule has 1 saturated heterocycles. The van der Waals surface area contributed by atoms with E-state index in [1.807, 2.05) is 32.0 Å². The van der Waals surface area contributed by atoms with Crippen molar-refractivity contribution in [3.05, 3.63) is 40.5 Å². The van der Waals surface area contributed by atoms with Gasteiger partial charge in [0.15, 0.2) is 0 Å². The van der Waals surface area contributed by atoms with Crippen LogP contribution >= 0.6 is 11.6 Å². The van der Waals surface area contributed by atoms with Gasteiger partial charge < -0.3 is 20.2 Å². The number of carboxylic acids is 1. The van der Waals surface area contributed by atoms with Crippen molar-refractivity contribution in [2.24, 2.45) is 0 Å². The number of anilines is 3. The molecular formula is C24H33ClF3N5O2. The highest BCUT2D eigenvalue weighted by Crippen LogP contribution is 2.26. The summed E-state index contributed by atoms with van der Waals surface area (Å²) >= 11 is 6.36. The highest BCUT2D eigenvalue weighted by atomic mass is 35.5. The minimum atomic E-state index is -5.08. The standard InChI is InChI=1S/C22H32ClN5.C2HF3O2/c1-4-28(14-8-13-27-11-6-5-7-12-27)21-16-18(3)24-22(26-21)25-20-10-9-17(2)15-19(20)23;3-2(4,5)1(6)7/h9-10,15-16H,4-8,11-14H2,1-3H3,(H,24,25,26);(H,6,7). The number of rotatable bonds is 8. The number of piperidine rings is 1. The van der Waals surface area contributed by atoms with E-state index in [1.54, 1.807) is 0 Å². The van der Waals surface area contributed by atoms with Gasteiger partial charge in [-0.15, -0.1) is 0 Å². The monoisotopic (exact) mass is 515 g/mol. The van der Waals surface area contributed by atoms with Gasteiger partial charge >= 0.3 is 12.1 Å². The molecule has 1 aromatic heterocycles. The molecule has 2 aromatic rings. The van der Waals surface area contributed by atoms with E-state index >= 15 is 0 Å². The summed E-state index contributed by atoms with van der Waals surface area (Å²) in [6.07, 6.45) is 0.153. The molecule has 3 rings (SSSR count). The smallest absolute Gasteiger partial charge is 0.475 e. The van der Waals surface area contributed by atoms with Crippen LogP contribution in [0, 0.1) is 13.8 Å². The van der Waals surface area contributed by atoms with Gasteiger partial charge in [0.05, 0.1) is 10.7 Å². The van der Waals surface area contributed by atoms with Crippen molar-refractivity contribution in [1.82, 2.24) is 14.9 Å². The van der Waals surface area contributed by atoms with Crippen LogP contribution in [0.4, 0.5) is 30.6 Å². The fraction of sp³-hybridized carbons (Fsp3) is 0.542. The van der Waals surface area contributed by atoms with Crippen molar-refractivity contribution in [1.29, 1.82) is 0 Å². The van der Waals surface area contributed by atoms with E-state index in [2.05, 4.69) is 33.1 Å². The summed E-state index contributed by atoms with van der Waals surface area (Å²) in [5.74, 6) is -1.19. The van der Waals surface area contributed by atoms with Gasteiger partial charge in [-0.2, -0.15) is 18.2 Å². The number of nitrogens with zero attached hydrogens (tertiary/aromatic N) is 4. The van der Waals surface area contributed by atoms with Gasteiger partial charge in [0.2, 0.25) is 5.95 Å². The first-order valence-electron chi connectivity index (χ1n) is 11.7. The molecule has 0 unspecified atom stereocenters. The lowest BCUT2D eigenvalue weighted by atomic mass is 10.1. The van der Waals surface area contributed by atoms with Gasteiger partial charge in [0.25, 0.3) is 0 Å². The molecule has 2 N–H and O–H groups in total. The lowest BCUT2D eigenvalue weighted by Gasteiger charge is -2.28. The van der Waals surface area contributed by atoms with E-state index in [9.17, 15) is 13.2 Å². The van der Waals surface area contributed by atoms with Crippen molar-refractivity contribution in [3.8, 4) is 0 Å². The second-order valence-electron chi connectivity index (χ2n) is 8.44. The molecule has 1 aliphatic heterocycles. The second-order valence-corrected chi connectivity index (χ2v) is 8.85. The number of carboxylic acid groups (broad SMARTS) is 1. The van der Waals surface area contributed by atoms with Gasteiger partial charge in [-0.25, -0.2) is 9.78 Å². The zero-order valence-corrected chi connectivity index (χ0v) is 21.1. The summed E-state index contributed by atoms with van der Waals surface area (Å²) in [6, 6.07) is 8.01. The third kappa shape index (κ3) is 9.89. The van der Waals surface area contributed by atoms with Gasteiger partial charge in [0, 0.05) is 24.8 Å². The molecule has 11 heteroatoms. The van der Waals surface area contributed by atoms with Crippen LogP contribution in [0.2, 0.25) is 5.02 Å². The number of halogens is 4. The highest BCUT2D eigenvalue weighted by molar-refractivity contribution is 6.33. The molecule has 0 spiro atoms. The van der Waals surface area contributed by atoms with Crippen molar-refractivity contribution < 1.29 is 23.1 Å². The Kier molecular flexibility index (Phi) is 11.0. The Morgan fingerprint density at radius 2 is 1.83 bits per heavy atom. The molecular weight excluding hydrogens is 483 g/mol. The Morgan fingerprint density at radius 1 is 1.17 bits per heavy atom. The number of hydrogen-bond acceptors (Lipinski definition) is 6. The van der Waals surface area contributed by atoms with E-state index in [0.29, 0.717) is 11.0 Å². The lowest BCUT2D eigenvalue weighted by molar-refractivity contribution is -0.192. The summed E-state index contributed by atoms with van der Waals surface area (Å²) < 4.78 is 31.7. The molecule has 35 heavy (non-hydrogen) atoms. The number of nitrogens with one attached hydrogen (secondary N) is 1. The zero-order chi connectivity index (χ0) is 26.0. The van der Waals surface area contributed by atoms with Crippen LogP contribution in [0.1, 0.15) is 43.9 Å². The molecule has 1 aliphatic rings. The van der Waals surface area contributed by atoms with E-state index in [-0.39, 0.29) is 0 Å². The van der Waals surface area contributed by atoms with Crippen LogP contribution in [0.25, 0.3) is 0 Å². The van der Waals surface area contributed by atoms with E-state index in [4.69, 9.17) is 26.5 Å². The van der Waals surface area contributed by atoms with Crippen molar-refractivity contribution in [2.75, 3.05) is 42.9 Å². The molecule has 0 radical (unpaired) electrons. The Labute approximate surface area is 209 Å². The average molecular weight is 516 g/mol. The number of aryl methyl sites for hydroxylation is 2. The number of aliphatic carboxylic acids is 1. The average Bonchev–Trinajstić information content (AvgIpc) is 2.79. The summed E-state index contributed by atoms with van der Waals surface area (Å²) in [5, 5.41) is 11.1. The van der Waals surface area contributed by atoms with Gasteiger partial charge in [-0.3, -0.25) is 0 Å². The van der Waals surface area contributed by atoms with Crippen LogP contribution < -0.4 is 10.2 Å². The predicted molar refractivity (Wildman–Crippen MR) is 133 cm³/mol. The molecule has 0 saturated carbocycles. The molecule has 0 atom stereocenters. The number of aromatic nitrogens is 2. The quantitative estimate of drug-likeness (QED) is 0.458. The minimum Gasteiger partial charge on any atom is -0.475 e. The topological polar surface area (TPSA) is 81.6 Å². The van der Waals surface area contributed by atoms with Gasteiger partial charge in [0.1, 0.15) is 5.82 Å². The van der Waals surface area contributed by atoms with Crippen LogP contribution in [-0.2, 0) is 4.79 Å². The van der Waals surface area contributed by atoms with E-state index in [0.717, 1.165) is 42.3 Å². The maximum Gasteiger partial charge on any atom is 0.490 e. The largest absolute Gasteiger partial charge is 0.490 e. The van der Waals surface area contributed by atoms with E-state index < -0.39 is 12.1 Å². The zero-order valence-electron chi connectivity index (χ0n) is 20.3. The van der Waals surface area contributed by atoms with Crippen LogP contribution in [0.3, 0.4) is 0 Å². The maximum atomic E-state index is 10.6. The van der Waals surface area contributed by atoms with Gasteiger partial charge in [-0.1, -0.05) is 24.1 Å². The van der Waals surface area contributed by atoms with Crippen LogP contribution in [0.15, 0.2) is 24.3 Å². The Morgan fingerprint density at radius 3 is 2.40 bits per heavy atom. The Balaban J connectivity index is 0.000000540. The minimum absolute atomic E-state index is 0.593. The Hall–Kier alpha value is -2.59. The first-order chi connectivity index (χ1) is 16.5. The molecule has 1 fully saturated rings. The Bertz CT molecular complexity index is 969. The predicted octanol–water partition coefficient (Wildman–Crippen LogP) is 5.83. The maximum absolute atomic E-state index is 10.6. The molecule has 0 bridgehead atoms. The molecule has 0 aliphatic carbocycles. The highest BCUT2D eigenvalue weighted by Gasteiger charge is 2.38. The number of likely N-dealkylation sites (tertiary alicyclic amines) is 1. The molecule has 7 nitrogen and oxygen atoms in total. The summed E-state index contributed by atoms with van der Waals surface area (Å²) in [4.78, 5) is 23.1. The lowest BCUT2D eigenvalue weighted by Crippen LogP contribution is -2.33. The molecule has 2 heterocycles. The molecule has 194 valence electrons. The third-order valence-electron chi connectivity index (χ3n) is 5.51. The fourth-order valence-corrected chi connectivity index (χ4v) is 4.00. The first-order valence-corrected chi connectivity index (χ1v) is 12.0. The fourth-order valence-electron chi connectivity index (χ4n) is 3.71. The van der Waals surface area contributed by atoms with Crippen LogP contribution in [0.5, 0.6) is 0 Å². The van der Waals surface area contributed by atoms with E-state index in [1.165, 1.54) is 38.9 Å². The first kappa shape index (κ1) is 28.6. The number of hydrogen-bond donors (Lipinski definition) is 2. The van der Waals surface area contributed by atoms with Crippen LogP contribution in [-0.4, -0.2) is 64.8 Å². The van der Waals surface area contributed by atoms with Crippen molar-refractivity contribution >= 4 is 35.0 Å². The number of alkyl halides is 3. The molecule has 1 aromatic carbocycles. The summed E-state index contributed by atoms with van der Waals surface area (Å²) in [6.45, 7) is 11.8. The van der Waals surface area contributed by atoms with Gasteiger partial charge in [-0.05, 0) is 77.4 Å². The second kappa shape index (κ2) is 13.5. The number of carbonyl (C=O) groups is 1. The summed E-state index contributed by atoms with van der Waals surface area (Å²) in [5.41, 5.74) is 2.91. The summed E-state index contributed by atoms with van der Waals surface area (Å²) in [7, 11) is 0. The number of benzene rings is 1. The molecule has 0 amide bonds.